The molecule has 0 saturated carbocycles. The zero-order chi connectivity index (χ0) is 18.4. The summed E-state index contributed by atoms with van der Waals surface area (Å²) in [6.07, 6.45) is 4.90. The molecule has 1 atom stereocenters. The maximum atomic E-state index is 12.8. The highest BCUT2D eigenvalue weighted by Crippen LogP contribution is 2.18. The van der Waals surface area contributed by atoms with Gasteiger partial charge < -0.3 is 0 Å². The third kappa shape index (κ3) is 4.97. The number of hydrogen-bond acceptors (Lipinski definition) is 3. The molecule has 0 fully saturated rings. The van der Waals surface area contributed by atoms with Crippen LogP contribution in [0.2, 0.25) is 0 Å². The van der Waals surface area contributed by atoms with Crippen molar-refractivity contribution in [3.8, 4) is 0 Å². The van der Waals surface area contributed by atoms with Gasteiger partial charge >= 0.3 is 0 Å². The molecule has 0 saturated heterocycles. The van der Waals surface area contributed by atoms with E-state index in [4.69, 9.17) is 0 Å². The van der Waals surface area contributed by atoms with E-state index >= 15 is 0 Å². The number of hydrogen-bond donors (Lipinski definition) is 0. The highest BCUT2D eigenvalue weighted by molar-refractivity contribution is 7.93. The summed E-state index contributed by atoms with van der Waals surface area (Å²) in [5.74, 6) is -0.580. The van der Waals surface area contributed by atoms with Gasteiger partial charge in [-0.15, -0.1) is 0 Å². The second-order valence-electron chi connectivity index (χ2n) is 5.76. The molecule has 0 heterocycles. The van der Waals surface area contributed by atoms with Crippen LogP contribution in [0, 0.1) is 6.92 Å². The highest BCUT2D eigenvalue weighted by atomic mass is 32.2. The molecule has 2 aromatic carbocycles. The predicted octanol–water partition coefficient (Wildman–Crippen LogP) is 4.28. The Labute approximate surface area is 148 Å². The standard InChI is InChI=1S/C20H21NO3S/c1-4-17(22)13-12-16-11-10-15(2)14-19(16)20(23)21-25(3,24)18-8-6-5-7-9-18/h5-14H,4H2,1-3H3/b13-12+. The molecular weight excluding hydrogens is 334 g/mol. The molecule has 130 valence electrons. The van der Waals surface area contributed by atoms with Gasteiger partial charge in [-0.25, -0.2) is 4.21 Å². The third-order valence-electron chi connectivity index (χ3n) is 3.67. The summed E-state index contributed by atoms with van der Waals surface area (Å²) < 4.78 is 16.8. The van der Waals surface area contributed by atoms with Crippen LogP contribution in [0.4, 0.5) is 0 Å². The second-order valence-corrected chi connectivity index (χ2v) is 8.01. The van der Waals surface area contributed by atoms with Crippen LogP contribution in [0.25, 0.3) is 6.08 Å². The number of carbonyl (C=O) groups excluding carboxylic acids is 2. The minimum absolute atomic E-state index is 0.0283. The van der Waals surface area contributed by atoms with Crippen molar-refractivity contribution in [2.24, 2.45) is 4.36 Å². The number of nitrogens with zero attached hydrogens (tertiary/aromatic N) is 1. The molecule has 0 N–H and O–H groups in total. The molecule has 0 spiro atoms. The Morgan fingerprint density at radius 3 is 2.44 bits per heavy atom. The lowest BCUT2D eigenvalue weighted by Gasteiger charge is -2.07. The second kappa shape index (κ2) is 8.03. The van der Waals surface area contributed by atoms with Crippen molar-refractivity contribution in [1.29, 1.82) is 0 Å². The number of ketones is 1. The molecule has 0 bridgehead atoms. The fourth-order valence-corrected chi connectivity index (χ4v) is 3.42. The molecule has 0 radical (unpaired) electrons. The first-order valence-corrected chi connectivity index (χ1v) is 9.89. The lowest BCUT2D eigenvalue weighted by atomic mass is 10.0. The summed E-state index contributed by atoms with van der Waals surface area (Å²) in [5.41, 5.74) is 1.81. The van der Waals surface area contributed by atoms with Crippen LogP contribution in [0.3, 0.4) is 0 Å². The maximum Gasteiger partial charge on any atom is 0.285 e. The van der Waals surface area contributed by atoms with Gasteiger partial charge in [0.15, 0.2) is 5.78 Å². The molecule has 0 aliphatic heterocycles. The average Bonchev–Trinajstić information content (AvgIpc) is 2.60. The first-order chi connectivity index (χ1) is 11.8. The zero-order valence-electron chi connectivity index (χ0n) is 14.6. The van der Waals surface area contributed by atoms with Gasteiger partial charge in [0.05, 0.1) is 9.73 Å². The maximum absolute atomic E-state index is 12.8. The van der Waals surface area contributed by atoms with Crippen molar-refractivity contribution in [2.75, 3.05) is 6.26 Å². The molecule has 0 aromatic heterocycles. The predicted molar refractivity (Wildman–Crippen MR) is 101 cm³/mol. The Hall–Kier alpha value is -2.53. The van der Waals surface area contributed by atoms with E-state index in [0.29, 0.717) is 22.4 Å². The molecule has 0 aliphatic carbocycles. The number of allylic oxidation sites excluding steroid dienone is 1. The van der Waals surface area contributed by atoms with Crippen molar-refractivity contribution in [1.82, 2.24) is 0 Å². The molecule has 1 amide bonds. The summed E-state index contributed by atoms with van der Waals surface area (Å²) in [6.45, 7) is 3.64. The molecule has 25 heavy (non-hydrogen) atoms. The van der Waals surface area contributed by atoms with Crippen molar-refractivity contribution >= 4 is 27.5 Å². The van der Waals surface area contributed by atoms with Crippen LogP contribution in [0.1, 0.15) is 34.8 Å². The molecule has 0 aliphatic rings. The van der Waals surface area contributed by atoms with E-state index in [2.05, 4.69) is 4.36 Å². The van der Waals surface area contributed by atoms with Gasteiger partial charge in [0.25, 0.3) is 5.91 Å². The number of carbonyl (C=O) groups is 2. The summed E-state index contributed by atoms with van der Waals surface area (Å²) in [4.78, 5) is 24.7. The number of aryl methyl sites for hydroxylation is 1. The zero-order valence-corrected chi connectivity index (χ0v) is 15.4. The summed E-state index contributed by atoms with van der Waals surface area (Å²) in [5, 5.41) is 0. The normalized spacial score (nSPS) is 13.4. The third-order valence-corrected chi connectivity index (χ3v) is 5.34. The Morgan fingerprint density at radius 1 is 1.12 bits per heavy atom. The van der Waals surface area contributed by atoms with E-state index in [1.807, 2.05) is 19.1 Å². The van der Waals surface area contributed by atoms with Crippen molar-refractivity contribution in [3.05, 3.63) is 71.3 Å². The fourth-order valence-electron chi connectivity index (χ4n) is 2.23. The monoisotopic (exact) mass is 355 g/mol. The average molecular weight is 355 g/mol. The summed E-state index contributed by atoms with van der Waals surface area (Å²) >= 11 is 0. The minimum Gasteiger partial charge on any atom is -0.295 e. The number of rotatable bonds is 5. The Balaban J connectivity index is 2.47. The lowest BCUT2D eigenvalue weighted by molar-refractivity contribution is -0.114. The van der Waals surface area contributed by atoms with Crippen LogP contribution in [-0.4, -0.2) is 22.2 Å². The van der Waals surface area contributed by atoms with E-state index in [1.165, 1.54) is 12.3 Å². The Bertz CT molecular complexity index is 937. The highest BCUT2D eigenvalue weighted by Gasteiger charge is 2.14. The van der Waals surface area contributed by atoms with Gasteiger partial charge in [0, 0.05) is 23.1 Å². The quantitative estimate of drug-likeness (QED) is 0.752. The molecule has 2 rings (SSSR count). The number of amides is 1. The first-order valence-electron chi connectivity index (χ1n) is 7.96. The van der Waals surface area contributed by atoms with Gasteiger partial charge in [-0.1, -0.05) is 48.9 Å². The SMILES string of the molecule is CCC(=O)/C=C/c1ccc(C)cc1C(=O)N=S(C)(=O)c1ccccc1. The fraction of sp³-hybridized carbons (Fsp3) is 0.200. The van der Waals surface area contributed by atoms with Crippen LogP contribution < -0.4 is 0 Å². The van der Waals surface area contributed by atoms with E-state index in [1.54, 1.807) is 49.4 Å². The molecular formula is C20H21NO3S. The van der Waals surface area contributed by atoms with Crippen LogP contribution in [0.5, 0.6) is 0 Å². The number of benzene rings is 2. The van der Waals surface area contributed by atoms with Gasteiger partial charge in [0.2, 0.25) is 0 Å². The Morgan fingerprint density at radius 2 is 1.80 bits per heavy atom. The van der Waals surface area contributed by atoms with Crippen molar-refractivity contribution in [2.45, 2.75) is 25.2 Å². The smallest absolute Gasteiger partial charge is 0.285 e. The summed E-state index contributed by atoms with van der Waals surface area (Å²) in [6, 6.07) is 14.0. The van der Waals surface area contributed by atoms with Gasteiger partial charge in [0.1, 0.15) is 0 Å². The minimum atomic E-state index is -2.84. The van der Waals surface area contributed by atoms with Crippen molar-refractivity contribution < 1.29 is 13.8 Å². The van der Waals surface area contributed by atoms with E-state index in [9.17, 15) is 13.8 Å². The first kappa shape index (κ1) is 18.8. The van der Waals surface area contributed by atoms with E-state index in [-0.39, 0.29) is 5.78 Å². The van der Waals surface area contributed by atoms with E-state index < -0.39 is 15.6 Å². The van der Waals surface area contributed by atoms with Crippen LogP contribution in [-0.2, 0) is 14.5 Å². The van der Waals surface area contributed by atoms with Crippen LogP contribution in [0.15, 0.2) is 63.9 Å². The summed E-state index contributed by atoms with van der Waals surface area (Å²) in [7, 11) is -2.84. The van der Waals surface area contributed by atoms with Gasteiger partial charge in [-0.3, -0.25) is 9.59 Å². The topological polar surface area (TPSA) is 63.6 Å². The molecule has 2 aromatic rings. The van der Waals surface area contributed by atoms with Crippen molar-refractivity contribution in [3.63, 3.8) is 0 Å². The van der Waals surface area contributed by atoms with Gasteiger partial charge in [-0.05, 0) is 36.8 Å². The Kier molecular flexibility index (Phi) is 6.04. The molecule has 4 nitrogen and oxygen atoms in total. The largest absolute Gasteiger partial charge is 0.295 e. The molecule has 1 unspecified atom stereocenters. The van der Waals surface area contributed by atoms with Crippen LogP contribution >= 0.6 is 0 Å². The van der Waals surface area contributed by atoms with Gasteiger partial charge in [-0.2, -0.15) is 4.36 Å². The lowest BCUT2D eigenvalue weighted by Crippen LogP contribution is -2.05. The van der Waals surface area contributed by atoms with E-state index in [0.717, 1.165) is 5.56 Å². The molecule has 5 heteroatoms.